The fourth-order valence-corrected chi connectivity index (χ4v) is 2.78. The Balaban J connectivity index is 0.00000280. The van der Waals surface area contributed by atoms with E-state index in [-0.39, 0.29) is 24.0 Å². The highest BCUT2D eigenvalue weighted by molar-refractivity contribution is 14.0. The SMILES string of the molecule is COc1ccc2cc(CN=C(N)Nc3ccc(OC)c(OC)c3)ccc2c1.I. The highest BCUT2D eigenvalue weighted by Gasteiger charge is 2.05. The number of fused-ring (bicyclic) bond motifs is 1. The zero-order chi connectivity index (χ0) is 19.2. The third-order valence-corrected chi connectivity index (χ3v) is 4.20. The van der Waals surface area contributed by atoms with Crippen molar-refractivity contribution in [2.24, 2.45) is 10.7 Å². The largest absolute Gasteiger partial charge is 0.497 e. The van der Waals surface area contributed by atoms with Crippen LogP contribution in [0, 0.1) is 0 Å². The Labute approximate surface area is 181 Å². The van der Waals surface area contributed by atoms with E-state index in [1.54, 1.807) is 21.3 Å². The maximum atomic E-state index is 6.02. The predicted octanol–water partition coefficient (Wildman–Crippen LogP) is 4.41. The van der Waals surface area contributed by atoms with Gasteiger partial charge in [0.1, 0.15) is 5.75 Å². The van der Waals surface area contributed by atoms with Crippen molar-refractivity contribution in [1.29, 1.82) is 0 Å². The summed E-state index contributed by atoms with van der Waals surface area (Å²) in [5.74, 6) is 2.46. The number of aliphatic imine (C=N–C) groups is 1. The summed E-state index contributed by atoms with van der Waals surface area (Å²) in [6.45, 7) is 0.480. The summed E-state index contributed by atoms with van der Waals surface area (Å²) in [6, 6.07) is 17.7. The molecule has 0 heterocycles. The molecule has 0 saturated heterocycles. The van der Waals surface area contributed by atoms with Gasteiger partial charge in [-0.05, 0) is 46.7 Å². The number of hydrogen-bond donors (Lipinski definition) is 2. The predicted molar refractivity (Wildman–Crippen MR) is 124 cm³/mol. The van der Waals surface area contributed by atoms with Crippen molar-refractivity contribution in [3.8, 4) is 17.2 Å². The first kappa shape index (κ1) is 21.6. The third kappa shape index (κ3) is 5.19. The van der Waals surface area contributed by atoms with E-state index in [1.807, 2.05) is 42.5 Å². The fraction of sp³-hybridized carbons (Fsp3) is 0.190. The molecule has 0 amide bonds. The van der Waals surface area contributed by atoms with Crippen LogP contribution in [0.2, 0.25) is 0 Å². The van der Waals surface area contributed by atoms with Crippen LogP contribution in [0.15, 0.2) is 59.6 Å². The Bertz CT molecular complexity index is 976. The second-order valence-corrected chi connectivity index (χ2v) is 5.94. The number of benzene rings is 3. The molecule has 3 rings (SSSR count). The van der Waals surface area contributed by atoms with Crippen LogP contribution in [0.4, 0.5) is 5.69 Å². The quantitative estimate of drug-likeness (QED) is 0.302. The van der Waals surface area contributed by atoms with Gasteiger partial charge >= 0.3 is 0 Å². The molecule has 0 fully saturated rings. The molecule has 0 spiro atoms. The number of rotatable bonds is 6. The van der Waals surface area contributed by atoms with Gasteiger partial charge in [-0.15, -0.1) is 24.0 Å². The van der Waals surface area contributed by atoms with E-state index in [0.29, 0.717) is 24.0 Å². The molecule has 3 aromatic carbocycles. The summed E-state index contributed by atoms with van der Waals surface area (Å²) < 4.78 is 15.8. The van der Waals surface area contributed by atoms with Crippen molar-refractivity contribution in [1.82, 2.24) is 0 Å². The molecule has 0 aliphatic rings. The van der Waals surface area contributed by atoms with E-state index < -0.39 is 0 Å². The summed E-state index contributed by atoms with van der Waals surface area (Å²) in [6.07, 6.45) is 0. The van der Waals surface area contributed by atoms with Crippen LogP contribution in [0.1, 0.15) is 5.56 Å². The first-order valence-corrected chi connectivity index (χ1v) is 8.48. The molecule has 3 aromatic rings. The number of ether oxygens (including phenoxy) is 3. The number of halogens is 1. The van der Waals surface area contributed by atoms with Gasteiger partial charge in [-0.25, -0.2) is 4.99 Å². The second-order valence-electron chi connectivity index (χ2n) is 5.94. The van der Waals surface area contributed by atoms with Gasteiger partial charge in [-0.3, -0.25) is 0 Å². The lowest BCUT2D eigenvalue weighted by atomic mass is 10.1. The number of nitrogens with zero attached hydrogens (tertiary/aromatic N) is 1. The van der Waals surface area contributed by atoms with Crippen molar-refractivity contribution >= 4 is 46.4 Å². The Morgan fingerprint density at radius 3 is 2.29 bits per heavy atom. The van der Waals surface area contributed by atoms with Gasteiger partial charge in [0.15, 0.2) is 17.5 Å². The highest BCUT2D eigenvalue weighted by atomic mass is 127. The Morgan fingerprint density at radius 2 is 1.57 bits per heavy atom. The molecule has 0 aliphatic carbocycles. The van der Waals surface area contributed by atoms with Gasteiger partial charge in [0.05, 0.1) is 27.9 Å². The van der Waals surface area contributed by atoms with E-state index in [0.717, 1.165) is 27.8 Å². The summed E-state index contributed by atoms with van der Waals surface area (Å²) >= 11 is 0. The van der Waals surface area contributed by atoms with Crippen LogP contribution in [0.3, 0.4) is 0 Å². The van der Waals surface area contributed by atoms with Gasteiger partial charge in [0.2, 0.25) is 0 Å². The molecule has 6 nitrogen and oxygen atoms in total. The maximum absolute atomic E-state index is 6.02. The second kappa shape index (κ2) is 10.0. The molecule has 0 aliphatic heterocycles. The van der Waals surface area contributed by atoms with Crippen molar-refractivity contribution in [2.45, 2.75) is 6.54 Å². The molecule has 148 valence electrons. The van der Waals surface area contributed by atoms with Crippen molar-refractivity contribution in [2.75, 3.05) is 26.6 Å². The lowest BCUT2D eigenvalue weighted by molar-refractivity contribution is 0.355. The van der Waals surface area contributed by atoms with Gasteiger partial charge in [0.25, 0.3) is 0 Å². The number of hydrogen-bond acceptors (Lipinski definition) is 4. The van der Waals surface area contributed by atoms with E-state index in [4.69, 9.17) is 19.9 Å². The Morgan fingerprint density at radius 1 is 0.857 bits per heavy atom. The van der Waals surface area contributed by atoms with Gasteiger partial charge in [-0.2, -0.15) is 0 Å². The first-order valence-electron chi connectivity index (χ1n) is 8.48. The smallest absolute Gasteiger partial charge is 0.193 e. The molecule has 28 heavy (non-hydrogen) atoms. The highest BCUT2D eigenvalue weighted by Crippen LogP contribution is 2.29. The molecule has 0 aromatic heterocycles. The zero-order valence-electron chi connectivity index (χ0n) is 16.1. The minimum Gasteiger partial charge on any atom is -0.497 e. The van der Waals surface area contributed by atoms with E-state index in [9.17, 15) is 0 Å². The molecule has 0 atom stereocenters. The molecule has 0 bridgehead atoms. The third-order valence-electron chi connectivity index (χ3n) is 4.20. The Hall–Kier alpha value is -2.68. The standard InChI is InChI=1S/C21H23N3O3.HI/c1-25-18-8-6-15-10-14(4-5-16(15)11-18)13-23-21(22)24-17-7-9-19(26-2)20(12-17)27-3;/h4-12H,13H2,1-3H3,(H3,22,23,24);1H. The van der Waals surface area contributed by atoms with Crippen LogP contribution in [-0.2, 0) is 6.54 Å². The summed E-state index contributed by atoms with van der Waals surface area (Å²) in [7, 11) is 4.85. The lowest BCUT2D eigenvalue weighted by Gasteiger charge is -2.11. The van der Waals surface area contributed by atoms with Crippen LogP contribution in [0.25, 0.3) is 10.8 Å². The number of nitrogens with two attached hydrogens (primary N) is 1. The number of methoxy groups -OCH3 is 3. The lowest BCUT2D eigenvalue weighted by Crippen LogP contribution is -2.22. The van der Waals surface area contributed by atoms with Crippen LogP contribution < -0.4 is 25.3 Å². The van der Waals surface area contributed by atoms with Crippen molar-refractivity contribution in [3.05, 3.63) is 60.2 Å². The Kier molecular flexibility index (Phi) is 7.74. The number of nitrogens with one attached hydrogen (secondary N) is 1. The first-order chi connectivity index (χ1) is 13.1. The normalized spacial score (nSPS) is 10.9. The maximum Gasteiger partial charge on any atom is 0.193 e. The summed E-state index contributed by atoms with van der Waals surface area (Å²) in [5, 5.41) is 5.32. The van der Waals surface area contributed by atoms with Crippen LogP contribution >= 0.6 is 24.0 Å². The molecular formula is C21H24IN3O3. The van der Waals surface area contributed by atoms with Crippen molar-refractivity contribution < 1.29 is 14.2 Å². The minimum absolute atomic E-state index is 0. The number of guanidine groups is 1. The number of anilines is 1. The topological polar surface area (TPSA) is 78.1 Å². The molecule has 7 heteroatoms. The monoisotopic (exact) mass is 493 g/mol. The molecule has 0 saturated carbocycles. The van der Waals surface area contributed by atoms with Crippen LogP contribution in [0.5, 0.6) is 17.2 Å². The average Bonchev–Trinajstić information content (AvgIpc) is 2.71. The van der Waals surface area contributed by atoms with Crippen molar-refractivity contribution in [3.63, 3.8) is 0 Å². The molecule has 0 unspecified atom stereocenters. The van der Waals surface area contributed by atoms with Gasteiger partial charge in [-0.1, -0.05) is 18.2 Å². The van der Waals surface area contributed by atoms with E-state index >= 15 is 0 Å². The minimum atomic E-state index is 0. The van der Waals surface area contributed by atoms with Gasteiger partial charge < -0.3 is 25.3 Å². The molecular weight excluding hydrogens is 469 g/mol. The van der Waals surface area contributed by atoms with Gasteiger partial charge in [0, 0.05) is 11.8 Å². The average molecular weight is 493 g/mol. The van der Waals surface area contributed by atoms with E-state index in [2.05, 4.69) is 22.4 Å². The fourth-order valence-electron chi connectivity index (χ4n) is 2.78. The van der Waals surface area contributed by atoms with E-state index in [1.165, 1.54) is 0 Å². The molecule has 0 radical (unpaired) electrons. The van der Waals surface area contributed by atoms with Crippen LogP contribution in [-0.4, -0.2) is 27.3 Å². The zero-order valence-corrected chi connectivity index (χ0v) is 18.4. The molecule has 3 N–H and O–H groups in total. The summed E-state index contributed by atoms with van der Waals surface area (Å²) in [4.78, 5) is 4.41. The summed E-state index contributed by atoms with van der Waals surface area (Å²) in [5.41, 5.74) is 7.87.